The van der Waals surface area contributed by atoms with Crippen molar-refractivity contribution in [2.75, 3.05) is 11.4 Å². The van der Waals surface area contributed by atoms with Gasteiger partial charge in [-0.2, -0.15) is 0 Å². The lowest BCUT2D eigenvalue weighted by atomic mass is 10.0. The predicted octanol–water partition coefficient (Wildman–Crippen LogP) is 2.01. The number of aliphatic hydroxyl groups excluding tert-OH is 1. The molecule has 0 saturated carbocycles. The first-order chi connectivity index (χ1) is 11.2. The fraction of sp³-hybridized carbons (Fsp3) is 0.316. The van der Waals surface area contributed by atoms with E-state index in [9.17, 15) is 5.11 Å². The van der Waals surface area contributed by atoms with Gasteiger partial charge in [0.1, 0.15) is 5.82 Å². The van der Waals surface area contributed by atoms with Gasteiger partial charge < -0.3 is 10.0 Å². The first-order valence-corrected chi connectivity index (χ1v) is 8.47. The van der Waals surface area contributed by atoms with E-state index >= 15 is 0 Å². The number of benzene rings is 1. The molecule has 1 N–H and O–H groups in total. The number of aryl methyl sites for hydroxylation is 1. The second-order valence-electron chi connectivity index (χ2n) is 6.23. The SMILES string of the molecule is OC1C=c2c(Cl)cc(N3CCCc4ccccc4C3)nc2=CC1. The van der Waals surface area contributed by atoms with Gasteiger partial charge in [-0.15, -0.1) is 0 Å². The van der Waals surface area contributed by atoms with Gasteiger partial charge in [-0.25, -0.2) is 4.98 Å². The Morgan fingerprint density at radius 1 is 1.22 bits per heavy atom. The molecule has 0 spiro atoms. The summed E-state index contributed by atoms with van der Waals surface area (Å²) >= 11 is 6.44. The number of rotatable bonds is 1. The van der Waals surface area contributed by atoms with Crippen LogP contribution in [0.15, 0.2) is 30.3 Å². The summed E-state index contributed by atoms with van der Waals surface area (Å²) in [5, 5.41) is 12.2. The number of pyridine rings is 1. The van der Waals surface area contributed by atoms with Crippen LogP contribution in [-0.2, 0) is 13.0 Å². The van der Waals surface area contributed by atoms with Gasteiger partial charge in [0, 0.05) is 18.3 Å². The first kappa shape index (κ1) is 14.7. The maximum absolute atomic E-state index is 9.76. The molecule has 2 aliphatic rings. The van der Waals surface area contributed by atoms with Crippen LogP contribution in [0.25, 0.3) is 12.2 Å². The zero-order valence-corrected chi connectivity index (χ0v) is 13.6. The molecule has 0 fully saturated rings. The average molecular weight is 327 g/mol. The second kappa shape index (κ2) is 5.99. The smallest absolute Gasteiger partial charge is 0.131 e. The molecule has 1 unspecified atom stereocenters. The van der Waals surface area contributed by atoms with Crippen LogP contribution in [0.5, 0.6) is 0 Å². The van der Waals surface area contributed by atoms with Gasteiger partial charge in [0.2, 0.25) is 0 Å². The van der Waals surface area contributed by atoms with Crippen LogP contribution < -0.4 is 15.5 Å². The molecule has 0 bridgehead atoms. The Balaban J connectivity index is 1.75. The summed E-state index contributed by atoms with van der Waals surface area (Å²) < 4.78 is 0. The molecule has 3 nitrogen and oxygen atoms in total. The van der Waals surface area contributed by atoms with E-state index in [-0.39, 0.29) is 0 Å². The van der Waals surface area contributed by atoms with Gasteiger partial charge in [0.05, 0.1) is 16.5 Å². The van der Waals surface area contributed by atoms with Gasteiger partial charge in [0.25, 0.3) is 0 Å². The van der Waals surface area contributed by atoms with Crippen LogP contribution in [-0.4, -0.2) is 22.7 Å². The molecule has 1 aliphatic heterocycles. The largest absolute Gasteiger partial charge is 0.389 e. The molecule has 0 saturated heterocycles. The van der Waals surface area contributed by atoms with E-state index in [1.54, 1.807) is 6.08 Å². The summed E-state index contributed by atoms with van der Waals surface area (Å²) in [6, 6.07) is 10.6. The van der Waals surface area contributed by atoms with E-state index in [0.717, 1.165) is 42.3 Å². The molecule has 23 heavy (non-hydrogen) atoms. The van der Waals surface area contributed by atoms with Crippen LogP contribution in [0.2, 0.25) is 5.02 Å². The Hall–Kier alpha value is -1.84. The number of anilines is 1. The number of nitrogens with zero attached hydrogens (tertiary/aromatic N) is 2. The highest BCUT2D eigenvalue weighted by Gasteiger charge is 2.17. The van der Waals surface area contributed by atoms with Crippen molar-refractivity contribution >= 4 is 29.6 Å². The number of aromatic nitrogens is 1. The van der Waals surface area contributed by atoms with Crippen molar-refractivity contribution in [3.8, 4) is 0 Å². The maximum atomic E-state index is 9.76. The van der Waals surface area contributed by atoms with Gasteiger partial charge in [0.15, 0.2) is 0 Å². The number of hydrogen-bond acceptors (Lipinski definition) is 3. The number of halogens is 1. The molecule has 0 radical (unpaired) electrons. The van der Waals surface area contributed by atoms with Crippen LogP contribution in [0, 0.1) is 0 Å². The van der Waals surface area contributed by atoms with Crippen molar-refractivity contribution in [3.05, 3.63) is 57.0 Å². The monoisotopic (exact) mass is 326 g/mol. The Labute approximate surface area is 140 Å². The minimum absolute atomic E-state index is 0.460. The van der Waals surface area contributed by atoms with E-state index in [4.69, 9.17) is 16.6 Å². The normalized spacial score (nSPS) is 19.9. The van der Waals surface area contributed by atoms with Crippen LogP contribution in [0.1, 0.15) is 24.0 Å². The summed E-state index contributed by atoms with van der Waals surface area (Å²) in [5.41, 5.74) is 2.80. The molecule has 1 aromatic heterocycles. The Morgan fingerprint density at radius 2 is 2.04 bits per heavy atom. The summed E-state index contributed by atoms with van der Waals surface area (Å²) in [4.78, 5) is 7.09. The van der Waals surface area contributed by atoms with Gasteiger partial charge in [-0.05, 0) is 42.5 Å². The molecule has 2 heterocycles. The fourth-order valence-electron chi connectivity index (χ4n) is 3.40. The highest BCUT2D eigenvalue weighted by molar-refractivity contribution is 6.30. The third-order valence-corrected chi connectivity index (χ3v) is 4.93. The molecule has 2 aromatic rings. The molecular formula is C19H19ClN2O. The van der Waals surface area contributed by atoms with Gasteiger partial charge in [-0.3, -0.25) is 0 Å². The van der Waals surface area contributed by atoms with E-state index in [0.29, 0.717) is 11.4 Å². The third-order valence-electron chi connectivity index (χ3n) is 4.61. The second-order valence-corrected chi connectivity index (χ2v) is 6.64. The van der Waals surface area contributed by atoms with Crippen molar-refractivity contribution < 1.29 is 5.11 Å². The highest BCUT2D eigenvalue weighted by atomic mass is 35.5. The van der Waals surface area contributed by atoms with Crippen LogP contribution in [0.4, 0.5) is 5.82 Å². The third kappa shape index (κ3) is 2.87. The zero-order chi connectivity index (χ0) is 15.8. The molecule has 118 valence electrons. The standard InChI is InChI=1S/C19H19ClN2O/c20-17-11-19(21-18-8-7-15(23)10-16(17)18)22-9-3-6-13-4-1-2-5-14(13)12-22/h1-2,4-5,8,10-11,15,23H,3,6-7,9,12H2. The number of fused-ring (bicyclic) bond motifs is 2. The summed E-state index contributed by atoms with van der Waals surface area (Å²) in [7, 11) is 0. The predicted molar refractivity (Wildman–Crippen MR) is 93.9 cm³/mol. The fourth-order valence-corrected chi connectivity index (χ4v) is 3.66. The van der Waals surface area contributed by atoms with Crippen molar-refractivity contribution in [2.24, 2.45) is 0 Å². The molecule has 4 rings (SSSR count). The van der Waals surface area contributed by atoms with Crippen molar-refractivity contribution in [3.63, 3.8) is 0 Å². The Kier molecular flexibility index (Phi) is 3.83. The lowest BCUT2D eigenvalue weighted by Gasteiger charge is -2.23. The molecular weight excluding hydrogens is 308 g/mol. The summed E-state index contributed by atoms with van der Waals surface area (Å²) in [6.07, 6.45) is 6.13. The average Bonchev–Trinajstić information content (AvgIpc) is 2.77. The molecule has 0 amide bonds. The molecule has 1 aromatic carbocycles. The van der Waals surface area contributed by atoms with Crippen molar-refractivity contribution in [2.45, 2.75) is 31.9 Å². The Bertz CT molecular complexity index is 862. The minimum Gasteiger partial charge on any atom is -0.389 e. The molecule has 1 aliphatic carbocycles. The van der Waals surface area contributed by atoms with E-state index in [1.165, 1.54) is 11.1 Å². The molecule has 4 heteroatoms. The van der Waals surface area contributed by atoms with E-state index in [1.807, 2.05) is 12.1 Å². The topological polar surface area (TPSA) is 36.4 Å². The van der Waals surface area contributed by atoms with E-state index < -0.39 is 6.10 Å². The number of hydrogen-bond donors (Lipinski definition) is 1. The summed E-state index contributed by atoms with van der Waals surface area (Å²) in [6.45, 7) is 1.84. The van der Waals surface area contributed by atoms with Crippen LogP contribution >= 0.6 is 11.6 Å². The minimum atomic E-state index is -0.460. The lowest BCUT2D eigenvalue weighted by Crippen LogP contribution is -2.36. The van der Waals surface area contributed by atoms with Crippen molar-refractivity contribution in [1.82, 2.24) is 4.98 Å². The lowest BCUT2D eigenvalue weighted by molar-refractivity contribution is 0.244. The van der Waals surface area contributed by atoms with Gasteiger partial charge >= 0.3 is 0 Å². The van der Waals surface area contributed by atoms with Crippen molar-refractivity contribution in [1.29, 1.82) is 0 Å². The summed E-state index contributed by atoms with van der Waals surface area (Å²) in [5.74, 6) is 0.923. The molecule has 1 atom stereocenters. The van der Waals surface area contributed by atoms with Crippen LogP contribution in [0.3, 0.4) is 0 Å². The maximum Gasteiger partial charge on any atom is 0.131 e. The number of aliphatic hydroxyl groups is 1. The highest BCUT2D eigenvalue weighted by Crippen LogP contribution is 2.23. The zero-order valence-electron chi connectivity index (χ0n) is 12.9. The Morgan fingerprint density at radius 3 is 2.91 bits per heavy atom. The first-order valence-electron chi connectivity index (χ1n) is 8.09. The van der Waals surface area contributed by atoms with E-state index in [2.05, 4.69) is 29.2 Å². The quantitative estimate of drug-likeness (QED) is 0.871. The van der Waals surface area contributed by atoms with Gasteiger partial charge in [-0.1, -0.05) is 41.9 Å².